The van der Waals surface area contributed by atoms with Crippen LogP contribution in [0.3, 0.4) is 0 Å². The van der Waals surface area contributed by atoms with Crippen LogP contribution in [0.2, 0.25) is 0 Å². The van der Waals surface area contributed by atoms with Crippen LogP contribution in [0.1, 0.15) is 46.0 Å². The molecule has 2 fully saturated rings. The van der Waals surface area contributed by atoms with E-state index in [1.165, 1.54) is 64.8 Å². The summed E-state index contributed by atoms with van der Waals surface area (Å²) in [5.74, 6) is 0. The summed E-state index contributed by atoms with van der Waals surface area (Å²) in [6.07, 6.45) is 6.61. The normalized spacial score (nSPS) is 35.8. The van der Waals surface area contributed by atoms with Crippen molar-refractivity contribution in [3.05, 3.63) is 0 Å². The van der Waals surface area contributed by atoms with Crippen molar-refractivity contribution in [2.75, 3.05) is 39.8 Å². The lowest BCUT2D eigenvalue weighted by molar-refractivity contribution is 0.133. The smallest absolute Gasteiger partial charge is 0.0306 e. The van der Waals surface area contributed by atoms with E-state index in [1.54, 1.807) is 0 Å². The molecule has 2 heterocycles. The minimum absolute atomic E-state index is 0.413. The number of nitrogens with one attached hydrogen (secondary N) is 1. The molecular formula is C15H31N3. The largest absolute Gasteiger partial charge is 0.310 e. The SMILES string of the molecule is CCC1CN(C)CCCN1CC1(CC)CCCN1. The van der Waals surface area contributed by atoms with Crippen molar-refractivity contribution in [3.8, 4) is 0 Å². The Bertz CT molecular complexity index is 248. The van der Waals surface area contributed by atoms with E-state index in [2.05, 4.69) is 36.0 Å². The van der Waals surface area contributed by atoms with Gasteiger partial charge in [-0.2, -0.15) is 0 Å². The van der Waals surface area contributed by atoms with Crippen LogP contribution < -0.4 is 5.32 Å². The highest BCUT2D eigenvalue weighted by Crippen LogP contribution is 2.26. The minimum Gasteiger partial charge on any atom is -0.310 e. The number of likely N-dealkylation sites (N-methyl/N-ethyl adjacent to an activating group) is 1. The lowest BCUT2D eigenvalue weighted by atomic mass is 9.92. The molecule has 0 aromatic rings. The molecule has 2 unspecified atom stereocenters. The van der Waals surface area contributed by atoms with Crippen molar-refractivity contribution in [2.45, 2.75) is 57.5 Å². The van der Waals surface area contributed by atoms with E-state index in [9.17, 15) is 0 Å². The highest BCUT2D eigenvalue weighted by molar-refractivity contribution is 4.96. The number of nitrogens with zero attached hydrogens (tertiary/aromatic N) is 2. The zero-order valence-electron chi connectivity index (χ0n) is 12.5. The summed E-state index contributed by atoms with van der Waals surface area (Å²) in [4.78, 5) is 5.28. The van der Waals surface area contributed by atoms with Gasteiger partial charge < -0.3 is 10.2 Å². The van der Waals surface area contributed by atoms with E-state index in [0.29, 0.717) is 5.54 Å². The average molecular weight is 253 g/mol. The van der Waals surface area contributed by atoms with Crippen LogP contribution >= 0.6 is 0 Å². The van der Waals surface area contributed by atoms with E-state index in [1.807, 2.05) is 0 Å². The standard InChI is InChI=1S/C15H31N3/c1-4-14-12-17(3)10-7-11-18(14)13-15(5-2)8-6-9-16-15/h14,16H,4-13H2,1-3H3. The monoisotopic (exact) mass is 253 g/mol. The molecule has 0 amide bonds. The van der Waals surface area contributed by atoms with Gasteiger partial charge in [0.2, 0.25) is 0 Å². The number of hydrogen-bond acceptors (Lipinski definition) is 3. The van der Waals surface area contributed by atoms with Crippen molar-refractivity contribution in [1.29, 1.82) is 0 Å². The van der Waals surface area contributed by atoms with Gasteiger partial charge >= 0.3 is 0 Å². The van der Waals surface area contributed by atoms with Gasteiger partial charge in [0.15, 0.2) is 0 Å². The molecule has 3 nitrogen and oxygen atoms in total. The van der Waals surface area contributed by atoms with Crippen LogP contribution in [0.4, 0.5) is 0 Å². The van der Waals surface area contributed by atoms with Gasteiger partial charge in [-0.3, -0.25) is 4.90 Å². The molecule has 3 heteroatoms. The molecule has 0 spiro atoms. The van der Waals surface area contributed by atoms with E-state index < -0.39 is 0 Å². The van der Waals surface area contributed by atoms with Crippen LogP contribution in [-0.4, -0.2) is 61.2 Å². The van der Waals surface area contributed by atoms with E-state index in [4.69, 9.17) is 0 Å². The summed E-state index contributed by atoms with van der Waals surface area (Å²) in [5, 5.41) is 3.79. The molecule has 2 aliphatic heterocycles. The van der Waals surface area contributed by atoms with Gasteiger partial charge in [0.1, 0.15) is 0 Å². The maximum Gasteiger partial charge on any atom is 0.0306 e. The molecule has 0 saturated carbocycles. The maximum absolute atomic E-state index is 3.79. The van der Waals surface area contributed by atoms with Gasteiger partial charge in [0.05, 0.1) is 0 Å². The van der Waals surface area contributed by atoms with Gasteiger partial charge in [-0.25, -0.2) is 0 Å². The second-order valence-corrected chi connectivity index (χ2v) is 6.31. The molecule has 0 bridgehead atoms. The van der Waals surface area contributed by atoms with Crippen LogP contribution in [0.5, 0.6) is 0 Å². The average Bonchev–Trinajstić information content (AvgIpc) is 2.76. The van der Waals surface area contributed by atoms with Gasteiger partial charge in [-0.15, -0.1) is 0 Å². The Hall–Kier alpha value is -0.120. The summed E-state index contributed by atoms with van der Waals surface area (Å²) in [5.41, 5.74) is 0.413. The van der Waals surface area contributed by atoms with Gasteiger partial charge in [0.25, 0.3) is 0 Å². The quantitative estimate of drug-likeness (QED) is 0.826. The summed E-state index contributed by atoms with van der Waals surface area (Å²) >= 11 is 0. The molecule has 106 valence electrons. The van der Waals surface area contributed by atoms with Crippen LogP contribution in [0, 0.1) is 0 Å². The Balaban J connectivity index is 2.00. The summed E-state index contributed by atoms with van der Waals surface area (Å²) in [7, 11) is 2.27. The summed E-state index contributed by atoms with van der Waals surface area (Å²) < 4.78 is 0. The highest BCUT2D eigenvalue weighted by atomic mass is 15.3. The Morgan fingerprint density at radius 2 is 2.06 bits per heavy atom. The zero-order chi connectivity index (χ0) is 13.0. The first-order valence-electron chi connectivity index (χ1n) is 7.87. The number of rotatable bonds is 4. The molecule has 0 aromatic carbocycles. The molecule has 2 rings (SSSR count). The Morgan fingerprint density at radius 3 is 2.67 bits per heavy atom. The van der Waals surface area contributed by atoms with Crippen LogP contribution in [-0.2, 0) is 0 Å². The molecule has 0 aliphatic carbocycles. The molecule has 0 aromatic heterocycles. The molecule has 0 radical (unpaired) electrons. The van der Waals surface area contributed by atoms with Crippen molar-refractivity contribution >= 4 is 0 Å². The first-order valence-corrected chi connectivity index (χ1v) is 7.87. The molecule has 18 heavy (non-hydrogen) atoms. The lowest BCUT2D eigenvalue weighted by Crippen LogP contribution is -2.53. The molecule has 2 aliphatic rings. The second-order valence-electron chi connectivity index (χ2n) is 6.31. The van der Waals surface area contributed by atoms with Gasteiger partial charge in [-0.05, 0) is 58.8 Å². The van der Waals surface area contributed by atoms with Gasteiger partial charge in [-0.1, -0.05) is 13.8 Å². The third-order valence-electron chi connectivity index (χ3n) is 5.01. The summed E-state index contributed by atoms with van der Waals surface area (Å²) in [6.45, 7) is 11.0. The predicted molar refractivity (Wildman–Crippen MR) is 78.0 cm³/mol. The predicted octanol–water partition coefficient (Wildman–Crippen LogP) is 1.93. The fraction of sp³-hybridized carbons (Fsp3) is 1.00. The summed E-state index contributed by atoms with van der Waals surface area (Å²) in [6, 6.07) is 0.753. The lowest BCUT2D eigenvalue weighted by Gasteiger charge is -2.38. The first-order chi connectivity index (χ1) is 8.69. The molecule has 1 N–H and O–H groups in total. The number of hydrogen-bond donors (Lipinski definition) is 1. The van der Waals surface area contributed by atoms with Crippen molar-refractivity contribution in [2.24, 2.45) is 0 Å². The van der Waals surface area contributed by atoms with Crippen LogP contribution in [0.15, 0.2) is 0 Å². The van der Waals surface area contributed by atoms with Crippen molar-refractivity contribution in [1.82, 2.24) is 15.1 Å². The van der Waals surface area contributed by atoms with Gasteiger partial charge in [0, 0.05) is 24.7 Å². The van der Waals surface area contributed by atoms with Crippen molar-refractivity contribution < 1.29 is 0 Å². The Labute approximate surface area is 113 Å². The fourth-order valence-electron chi connectivity index (χ4n) is 3.69. The topological polar surface area (TPSA) is 18.5 Å². The molecule has 2 saturated heterocycles. The molecule has 2 atom stereocenters. The maximum atomic E-state index is 3.79. The first kappa shape index (κ1) is 14.3. The Morgan fingerprint density at radius 1 is 1.22 bits per heavy atom. The van der Waals surface area contributed by atoms with Crippen molar-refractivity contribution in [3.63, 3.8) is 0 Å². The third-order valence-corrected chi connectivity index (χ3v) is 5.01. The zero-order valence-corrected chi connectivity index (χ0v) is 12.5. The fourth-order valence-corrected chi connectivity index (χ4v) is 3.69. The Kier molecular flexibility index (Phi) is 5.05. The van der Waals surface area contributed by atoms with E-state index in [-0.39, 0.29) is 0 Å². The van der Waals surface area contributed by atoms with E-state index >= 15 is 0 Å². The third kappa shape index (κ3) is 3.25. The highest BCUT2D eigenvalue weighted by Gasteiger charge is 2.35. The second kappa shape index (κ2) is 6.36. The molecular weight excluding hydrogens is 222 g/mol. The van der Waals surface area contributed by atoms with E-state index in [0.717, 1.165) is 6.04 Å². The minimum atomic E-state index is 0.413. The van der Waals surface area contributed by atoms with Crippen LogP contribution in [0.25, 0.3) is 0 Å².